The molecule has 0 fully saturated rings. The number of nitrogens with zero attached hydrogens (tertiary/aromatic N) is 1. The number of hydrogen-bond donors (Lipinski definition) is 2. The summed E-state index contributed by atoms with van der Waals surface area (Å²) in [7, 11) is 1.59. The lowest BCUT2D eigenvalue weighted by Gasteiger charge is -2.24. The molecule has 2 aromatic carbocycles. The second-order valence-electron chi connectivity index (χ2n) is 8.18. The third-order valence-corrected chi connectivity index (χ3v) is 6.59. The van der Waals surface area contributed by atoms with Crippen molar-refractivity contribution in [2.45, 2.75) is 31.8 Å². The van der Waals surface area contributed by atoms with E-state index in [4.69, 9.17) is 16.3 Å². The highest BCUT2D eigenvalue weighted by atomic mass is 35.5. The van der Waals surface area contributed by atoms with E-state index in [-0.39, 0.29) is 17.5 Å². The molecule has 4 aromatic rings. The summed E-state index contributed by atoms with van der Waals surface area (Å²) in [5, 5.41) is 6.18. The Balaban J connectivity index is 1.54. The highest BCUT2D eigenvalue weighted by Crippen LogP contribution is 2.37. The van der Waals surface area contributed by atoms with Crippen molar-refractivity contribution in [2.75, 3.05) is 13.7 Å². The summed E-state index contributed by atoms with van der Waals surface area (Å²) in [5.74, 6) is -0.199. The van der Waals surface area contributed by atoms with Crippen LogP contribution in [0.3, 0.4) is 0 Å². The van der Waals surface area contributed by atoms with Crippen LogP contribution in [0.5, 0.6) is 0 Å². The number of H-pyrrole nitrogens is 1. The minimum Gasteiger partial charge on any atom is -0.383 e. The van der Waals surface area contributed by atoms with Gasteiger partial charge in [-0.15, -0.1) is 0 Å². The Kier molecular flexibility index (Phi) is 5.49. The number of carbonyl (C=O) groups excluding carboxylic acids is 1. The van der Waals surface area contributed by atoms with Gasteiger partial charge in [0.15, 0.2) is 0 Å². The second-order valence-corrected chi connectivity index (χ2v) is 8.58. The molecule has 1 aliphatic rings. The van der Waals surface area contributed by atoms with Crippen molar-refractivity contribution in [3.8, 4) is 0 Å². The Hall–Kier alpha value is -3.09. The molecule has 0 spiro atoms. The van der Waals surface area contributed by atoms with E-state index in [0.29, 0.717) is 34.5 Å². The second kappa shape index (κ2) is 8.45. The molecule has 2 aromatic heterocycles. The molecular formula is C25H24ClN3O3. The van der Waals surface area contributed by atoms with E-state index in [2.05, 4.69) is 16.4 Å². The Morgan fingerprint density at radius 1 is 1.19 bits per heavy atom. The maximum Gasteiger partial charge on any atom is 0.258 e. The molecule has 32 heavy (non-hydrogen) atoms. The number of carbonyl (C=O) groups is 1. The SMILES string of the molecule is COCCn1cc(C(=O)N[C@H]2CCCc3c2[nH]c2c(Cl)cccc32)c2ccccc2c1=O. The van der Waals surface area contributed by atoms with Crippen molar-refractivity contribution >= 4 is 39.2 Å². The Bertz CT molecular complexity index is 1390. The fraction of sp³-hybridized carbons (Fsp3) is 0.280. The number of amides is 1. The van der Waals surface area contributed by atoms with Crippen LogP contribution in [0, 0.1) is 0 Å². The molecule has 1 aliphatic carbocycles. The molecule has 7 heteroatoms. The number of hydrogen-bond acceptors (Lipinski definition) is 3. The average molecular weight is 450 g/mol. The lowest BCUT2D eigenvalue weighted by Crippen LogP contribution is -2.33. The number of rotatable bonds is 5. The number of halogens is 1. The molecule has 164 valence electrons. The number of pyridine rings is 1. The normalized spacial score (nSPS) is 15.8. The molecule has 1 amide bonds. The molecule has 5 rings (SSSR count). The first-order valence-electron chi connectivity index (χ1n) is 10.8. The first-order chi connectivity index (χ1) is 15.6. The number of aromatic amines is 1. The van der Waals surface area contributed by atoms with Gasteiger partial charge in [-0.2, -0.15) is 0 Å². The maximum absolute atomic E-state index is 13.5. The molecule has 2 N–H and O–H groups in total. The lowest BCUT2D eigenvalue weighted by molar-refractivity contribution is 0.0932. The molecule has 0 saturated heterocycles. The van der Waals surface area contributed by atoms with Crippen LogP contribution in [0.25, 0.3) is 21.7 Å². The third-order valence-electron chi connectivity index (χ3n) is 6.27. The summed E-state index contributed by atoms with van der Waals surface area (Å²) in [5.41, 5.74) is 3.51. The number of nitrogens with one attached hydrogen (secondary N) is 2. The number of aryl methyl sites for hydroxylation is 1. The highest BCUT2D eigenvalue weighted by Gasteiger charge is 2.27. The van der Waals surface area contributed by atoms with Gasteiger partial charge in [0, 0.05) is 41.7 Å². The van der Waals surface area contributed by atoms with E-state index in [1.165, 1.54) is 5.56 Å². The Labute approximate surface area is 190 Å². The number of para-hydroxylation sites is 1. The van der Waals surface area contributed by atoms with Gasteiger partial charge in [0.05, 0.1) is 28.8 Å². The monoisotopic (exact) mass is 449 g/mol. The summed E-state index contributed by atoms with van der Waals surface area (Å²) in [6.07, 6.45) is 4.41. The van der Waals surface area contributed by atoms with Crippen molar-refractivity contribution in [3.63, 3.8) is 0 Å². The van der Waals surface area contributed by atoms with Crippen LogP contribution in [0.1, 0.15) is 40.5 Å². The van der Waals surface area contributed by atoms with Crippen LogP contribution >= 0.6 is 11.6 Å². The molecular weight excluding hydrogens is 426 g/mol. The lowest BCUT2D eigenvalue weighted by atomic mass is 9.91. The van der Waals surface area contributed by atoms with Crippen molar-refractivity contribution < 1.29 is 9.53 Å². The quantitative estimate of drug-likeness (QED) is 0.468. The predicted molar refractivity (Wildman–Crippen MR) is 127 cm³/mol. The topological polar surface area (TPSA) is 76.1 Å². The molecule has 2 heterocycles. The number of ether oxygens (including phenoxy) is 1. The fourth-order valence-electron chi connectivity index (χ4n) is 4.71. The predicted octanol–water partition coefficient (Wildman–Crippen LogP) is 4.59. The minimum atomic E-state index is -0.199. The first kappa shape index (κ1) is 20.8. The van der Waals surface area contributed by atoms with E-state index in [0.717, 1.165) is 35.9 Å². The zero-order valence-corrected chi connectivity index (χ0v) is 18.5. The van der Waals surface area contributed by atoms with Gasteiger partial charge in [-0.05, 0) is 37.0 Å². The van der Waals surface area contributed by atoms with Crippen molar-refractivity contribution in [2.24, 2.45) is 0 Å². The van der Waals surface area contributed by atoms with Gasteiger partial charge in [0.1, 0.15) is 0 Å². The molecule has 0 radical (unpaired) electrons. The number of benzene rings is 2. The zero-order valence-electron chi connectivity index (χ0n) is 17.8. The molecule has 1 atom stereocenters. The van der Waals surface area contributed by atoms with Gasteiger partial charge in [0.2, 0.25) is 0 Å². The summed E-state index contributed by atoms with van der Waals surface area (Å²) in [6, 6.07) is 13.0. The summed E-state index contributed by atoms with van der Waals surface area (Å²) in [6.45, 7) is 0.773. The van der Waals surface area contributed by atoms with Gasteiger partial charge >= 0.3 is 0 Å². The summed E-state index contributed by atoms with van der Waals surface area (Å²) < 4.78 is 6.69. The van der Waals surface area contributed by atoms with Crippen LogP contribution in [-0.4, -0.2) is 29.2 Å². The largest absolute Gasteiger partial charge is 0.383 e. The average Bonchev–Trinajstić information content (AvgIpc) is 3.20. The van der Waals surface area contributed by atoms with E-state index in [1.54, 1.807) is 23.9 Å². The molecule has 0 unspecified atom stereocenters. The van der Waals surface area contributed by atoms with Gasteiger partial charge in [-0.3, -0.25) is 9.59 Å². The molecule has 0 bridgehead atoms. The van der Waals surface area contributed by atoms with Crippen LogP contribution in [0.4, 0.5) is 0 Å². The smallest absolute Gasteiger partial charge is 0.258 e. The maximum atomic E-state index is 13.5. The Morgan fingerprint density at radius 3 is 2.78 bits per heavy atom. The number of methoxy groups -OCH3 is 1. The van der Waals surface area contributed by atoms with Gasteiger partial charge in [-0.1, -0.05) is 41.9 Å². The number of aromatic nitrogens is 2. The molecule has 0 aliphatic heterocycles. The zero-order chi connectivity index (χ0) is 22.2. The van der Waals surface area contributed by atoms with Crippen molar-refractivity contribution in [1.29, 1.82) is 0 Å². The Morgan fingerprint density at radius 2 is 1.97 bits per heavy atom. The fourth-order valence-corrected chi connectivity index (χ4v) is 4.93. The summed E-state index contributed by atoms with van der Waals surface area (Å²) >= 11 is 6.40. The van der Waals surface area contributed by atoms with Crippen molar-refractivity contribution in [3.05, 3.63) is 80.9 Å². The number of fused-ring (bicyclic) bond motifs is 4. The molecule has 0 saturated carbocycles. The van der Waals surface area contributed by atoms with Crippen LogP contribution < -0.4 is 10.9 Å². The molecule has 6 nitrogen and oxygen atoms in total. The standard InChI is InChI=1S/C25H24ClN3O3/c1-32-13-12-29-14-19(15-6-2-3-7-18(15)25(29)31)24(30)27-21-11-5-9-17-16-8-4-10-20(26)22(16)28-23(17)21/h2-4,6-8,10,14,21,28H,5,9,11-13H2,1H3,(H,27,30)/t21-/m0/s1. The van der Waals surface area contributed by atoms with Gasteiger partial charge < -0.3 is 19.6 Å². The van der Waals surface area contributed by atoms with E-state index in [9.17, 15) is 9.59 Å². The summed E-state index contributed by atoms with van der Waals surface area (Å²) in [4.78, 5) is 29.8. The van der Waals surface area contributed by atoms with E-state index >= 15 is 0 Å². The van der Waals surface area contributed by atoms with E-state index in [1.807, 2.05) is 30.3 Å². The third kappa shape index (κ3) is 3.49. The van der Waals surface area contributed by atoms with Crippen molar-refractivity contribution in [1.82, 2.24) is 14.9 Å². The first-order valence-corrected chi connectivity index (χ1v) is 11.2. The van der Waals surface area contributed by atoms with Gasteiger partial charge in [0.25, 0.3) is 11.5 Å². The van der Waals surface area contributed by atoms with Gasteiger partial charge in [-0.25, -0.2) is 0 Å². The van der Waals surface area contributed by atoms with Crippen LogP contribution in [0.2, 0.25) is 5.02 Å². The van der Waals surface area contributed by atoms with Crippen LogP contribution in [-0.2, 0) is 17.7 Å². The van der Waals surface area contributed by atoms with E-state index < -0.39 is 0 Å². The van der Waals surface area contributed by atoms with Crippen LogP contribution in [0.15, 0.2) is 53.5 Å². The highest BCUT2D eigenvalue weighted by molar-refractivity contribution is 6.35. The minimum absolute atomic E-state index is 0.126.